The van der Waals surface area contributed by atoms with Gasteiger partial charge in [0.25, 0.3) is 0 Å². The molecule has 2 unspecified atom stereocenters. The highest BCUT2D eigenvalue weighted by atomic mass is 35.5. The first kappa shape index (κ1) is 28.9. The molecule has 0 saturated carbocycles. The maximum absolute atomic E-state index is 14.5. The van der Waals surface area contributed by atoms with Gasteiger partial charge in [0.05, 0.1) is 36.5 Å². The predicted octanol–water partition coefficient (Wildman–Crippen LogP) is 5.54. The Bertz CT molecular complexity index is 1450. The molecule has 3 aromatic carbocycles. The number of carbonyl (C=O) groups is 1. The van der Waals surface area contributed by atoms with Gasteiger partial charge in [-0.15, -0.1) is 0 Å². The third-order valence-corrected chi connectivity index (χ3v) is 7.91. The number of hydrogen-bond donors (Lipinski definition) is 1. The Kier molecular flexibility index (Phi) is 9.11. The van der Waals surface area contributed by atoms with Crippen LogP contribution in [-0.2, 0) is 0 Å². The van der Waals surface area contributed by atoms with E-state index in [-0.39, 0.29) is 12.6 Å². The number of amidine groups is 1. The zero-order valence-electron chi connectivity index (χ0n) is 22.7. The molecule has 8 nitrogen and oxygen atoms in total. The van der Waals surface area contributed by atoms with Crippen molar-refractivity contribution >= 4 is 35.1 Å². The van der Waals surface area contributed by atoms with E-state index in [4.69, 9.17) is 32.9 Å². The standard InChI is InChI=1S/C31H31Cl2N5O3/c1-2-41-27-19-21(20-34)3-12-26(27)30-35-28(22-4-8-24(32)9-5-22)29(23-6-10-25(33)11-7-23)38(30)31(40)37-15-13-36(14-16-37)17-18-39/h3-12,19,28-29,39H,2,13-18H2,1H3. The highest BCUT2D eigenvalue weighted by Gasteiger charge is 2.45. The number of nitrogens with zero attached hydrogens (tertiary/aromatic N) is 5. The molecule has 2 heterocycles. The van der Waals surface area contributed by atoms with Crippen LogP contribution in [0, 0.1) is 11.3 Å². The molecule has 1 fully saturated rings. The van der Waals surface area contributed by atoms with E-state index in [1.54, 1.807) is 23.1 Å². The lowest BCUT2D eigenvalue weighted by molar-refractivity contribution is 0.108. The maximum Gasteiger partial charge on any atom is 0.326 e. The van der Waals surface area contributed by atoms with Crippen molar-refractivity contribution in [1.82, 2.24) is 14.7 Å². The first-order valence-corrected chi connectivity index (χ1v) is 14.4. The molecule has 0 aliphatic carbocycles. The highest BCUT2D eigenvalue weighted by Crippen LogP contribution is 2.45. The number of β-amino-alcohol motifs (C(OH)–C–C–N with tert-alkyl or cyclic N) is 1. The number of carbonyl (C=O) groups excluding carboxylic acids is 1. The summed E-state index contributed by atoms with van der Waals surface area (Å²) in [6.45, 7) is 5.29. The van der Waals surface area contributed by atoms with Crippen LogP contribution in [0.3, 0.4) is 0 Å². The Labute approximate surface area is 250 Å². The fourth-order valence-corrected chi connectivity index (χ4v) is 5.61. The summed E-state index contributed by atoms with van der Waals surface area (Å²) < 4.78 is 5.97. The molecule has 2 atom stereocenters. The minimum absolute atomic E-state index is 0.0805. The molecule has 2 amide bonds. The number of rotatable bonds is 7. The minimum Gasteiger partial charge on any atom is -0.493 e. The molecule has 1 saturated heterocycles. The number of aliphatic imine (C=N–C) groups is 1. The van der Waals surface area contributed by atoms with Gasteiger partial charge >= 0.3 is 6.03 Å². The molecule has 212 valence electrons. The van der Waals surface area contributed by atoms with Gasteiger partial charge in [0.1, 0.15) is 17.6 Å². The molecule has 0 spiro atoms. The van der Waals surface area contributed by atoms with Crippen molar-refractivity contribution in [3.8, 4) is 11.8 Å². The van der Waals surface area contributed by atoms with Crippen LogP contribution in [0.15, 0.2) is 71.7 Å². The molecule has 0 aromatic heterocycles. The Morgan fingerprint density at radius 2 is 1.63 bits per heavy atom. The van der Waals surface area contributed by atoms with Gasteiger partial charge in [-0.05, 0) is 60.5 Å². The van der Waals surface area contributed by atoms with E-state index in [1.165, 1.54) is 0 Å². The Morgan fingerprint density at radius 1 is 1.00 bits per heavy atom. The third-order valence-electron chi connectivity index (χ3n) is 7.41. The Morgan fingerprint density at radius 3 is 2.22 bits per heavy atom. The molecule has 0 bridgehead atoms. The number of amides is 2. The lowest BCUT2D eigenvalue weighted by atomic mass is 9.93. The van der Waals surface area contributed by atoms with Crippen LogP contribution in [0.1, 0.15) is 41.3 Å². The summed E-state index contributed by atoms with van der Waals surface area (Å²) in [5, 5.41) is 20.1. The van der Waals surface area contributed by atoms with Crippen molar-refractivity contribution in [2.45, 2.75) is 19.0 Å². The number of urea groups is 1. The van der Waals surface area contributed by atoms with Crippen molar-refractivity contribution < 1.29 is 14.6 Å². The van der Waals surface area contributed by atoms with Crippen molar-refractivity contribution in [3.05, 3.63) is 99.0 Å². The van der Waals surface area contributed by atoms with Gasteiger partial charge < -0.3 is 14.7 Å². The van der Waals surface area contributed by atoms with E-state index >= 15 is 0 Å². The van der Waals surface area contributed by atoms with Crippen molar-refractivity contribution in [3.63, 3.8) is 0 Å². The zero-order valence-corrected chi connectivity index (χ0v) is 24.2. The van der Waals surface area contributed by atoms with Gasteiger partial charge in [-0.3, -0.25) is 14.8 Å². The SMILES string of the molecule is CCOc1cc(C#N)ccc1C1=NC(c2ccc(Cl)cc2)C(c2ccc(Cl)cc2)N1C(=O)N1CCN(CCO)CC1. The second-order valence-corrected chi connectivity index (χ2v) is 10.8. The molecule has 2 aliphatic rings. The van der Waals surface area contributed by atoms with Crippen molar-refractivity contribution in [2.24, 2.45) is 4.99 Å². The van der Waals surface area contributed by atoms with Crippen molar-refractivity contribution in [1.29, 1.82) is 5.26 Å². The lowest BCUT2D eigenvalue weighted by Gasteiger charge is -2.39. The number of piperazine rings is 1. The topological polar surface area (TPSA) is 92.4 Å². The molecule has 2 aliphatic heterocycles. The van der Waals surface area contributed by atoms with E-state index in [1.807, 2.05) is 60.4 Å². The van der Waals surface area contributed by atoms with Gasteiger partial charge in [-0.1, -0.05) is 47.5 Å². The van der Waals surface area contributed by atoms with Gasteiger partial charge in [0.15, 0.2) is 0 Å². The van der Waals surface area contributed by atoms with E-state index in [2.05, 4.69) is 11.0 Å². The fraction of sp³-hybridized carbons (Fsp3) is 0.323. The number of aliphatic hydroxyl groups is 1. The van der Waals surface area contributed by atoms with E-state index in [0.717, 1.165) is 11.1 Å². The molecule has 3 aromatic rings. The molecular weight excluding hydrogens is 561 g/mol. The average molecular weight is 593 g/mol. The number of hydrogen-bond acceptors (Lipinski definition) is 6. The van der Waals surface area contributed by atoms with Crippen molar-refractivity contribution in [2.75, 3.05) is 45.9 Å². The monoisotopic (exact) mass is 591 g/mol. The first-order chi connectivity index (χ1) is 19.9. The van der Waals surface area contributed by atoms with Crippen LogP contribution >= 0.6 is 23.2 Å². The summed E-state index contributed by atoms with van der Waals surface area (Å²) in [5.74, 6) is 0.961. The zero-order chi connectivity index (χ0) is 28.9. The van der Waals surface area contributed by atoms with Crippen LogP contribution in [0.25, 0.3) is 0 Å². The average Bonchev–Trinajstić information content (AvgIpc) is 3.38. The van der Waals surface area contributed by atoms with Gasteiger partial charge in [-0.25, -0.2) is 4.79 Å². The Balaban J connectivity index is 1.65. The lowest BCUT2D eigenvalue weighted by Crippen LogP contribution is -2.54. The van der Waals surface area contributed by atoms with Gasteiger partial charge in [0, 0.05) is 42.8 Å². The minimum atomic E-state index is -0.475. The smallest absolute Gasteiger partial charge is 0.326 e. The highest BCUT2D eigenvalue weighted by molar-refractivity contribution is 6.30. The normalized spacial score (nSPS) is 19.1. The molecule has 5 rings (SSSR count). The summed E-state index contributed by atoms with van der Waals surface area (Å²) in [6.07, 6.45) is 0. The molecule has 0 radical (unpaired) electrons. The second kappa shape index (κ2) is 12.9. The van der Waals surface area contributed by atoms with E-state index in [0.29, 0.717) is 72.1 Å². The quantitative estimate of drug-likeness (QED) is 0.389. The number of ether oxygens (including phenoxy) is 1. The van der Waals surface area contributed by atoms with Crippen LogP contribution < -0.4 is 4.74 Å². The van der Waals surface area contributed by atoms with Gasteiger partial charge in [0.2, 0.25) is 0 Å². The molecule has 1 N–H and O–H groups in total. The number of halogens is 2. The first-order valence-electron chi connectivity index (χ1n) is 13.6. The number of aliphatic hydroxyl groups excluding tert-OH is 1. The summed E-state index contributed by atoms with van der Waals surface area (Å²) in [5.41, 5.74) is 2.87. The third kappa shape index (κ3) is 6.19. The molecular formula is C31H31Cl2N5O3. The fourth-order valence-electron chi connectivity index (χ4n) is 5.36. The van der Waals surface area contributed by atoms with Gasteiger partial charge in [-0.2, -0.15) is 5.26 Å². The summed E-state index contributed by atoms with van der Waals surface area (Å²) >= 11 is 12.5. The van der Waals surface area contributed by atoms with Crippen LogP contribution in [0.5, 0.6) is 5.75 Å². The predicted molar refractivity (Wildman–Crippen MR) is 160 cm³/mol. The van der Waals surface area contributed by atoms with E-state index in [9.17, 15) is 15.2 Å². The summed E-state index contributed by atoms with van der Waals surface area (Å²) in [6, 6.07) is 21.3. The number of benzene rings is 3. The summed E-state index contributed by atoms with van der Waals surface area (Å²) in [4.78, 5) is 25.4. The molecule has 10 heteroatoms. The maximum atomic E-state index is 14.5. The number of nitriles is 1. The second-order valence-electron chi connectivity index (χ2n) is 9.91. The van der Waals surface area contributed by atoms with Crippen LogP contribution in [-0.4, -0.2) is 77.6 Å². The molecule has 41 heavy (non-hydrogen) atoms. The summed E-state index contributed by atoms with van der Waals surface area (Å²) in [7, 11) is 0. The largest absolute Gasteiger partial charge is 0.493 e. The Hall–Kier alpha value is -3.61. The van der Waals surface area contributed by atoms with E-state index < -0.39 is 12.1 Å². The van der Waals surface area contributed by atoms with Crippen LogP contribution in [0.4, 0.5) is 4.79 Å². The van der Waals surface area contributed by atoms with Crippen LogP contribution in [0.2, 0.25) is 10.0 Å².